The third-order valence-electron chi connectivity index (χ3n) is 1.23. The summed E-state index contributed by atoms with van der Waals surface area (Å²) in [6, 6.07) is 5.25. The Kier molecular flexibility index (Phi) is 4.77. The lowest BCUT2D eigenvalue weighted by Crippen LogP contribution is -2.23. The summed E-state index contributed by atoms with van der Waals surface area (Å²) in [6.07, 6.45) is 0.913. The number of nitrogens with one attached hydrogen (secondary N) is 1. The van der Waals surface area contributed by atoms with Gasteiger partial charge < -0.3 is 4.84 Å². The van der Waals surface area contributed by atoms with Crippen LogP contribution in [-0.4, -0.2) is 14.7 Å². The molecule has 0 radical (unpaired) electrons. The smallest absolute Gasteiger partial charge is 0.282 e. The molecule has 0 aliphatic carbocycles. The molecule has 84 valence electrons. The van der Waals surface area contributed by atoms with Crippen molar-refractivity contribution in [3.8, 4) is 5.75 Å². The first-order valence-electron chi connectivity index (χ1n) is 3.64. The van der Waals surface area contributed by atoms with Crippen LogP contribution in [0.2, 0.25) is 0 Å². The van der Waals surface area contributed by atoms with E-state index in [2.05, 4.69) is 20.2 Å². The van der Waals surface area contributed by atoms with Gasteiger partial charge in [-0.2, -0.15) is 8.42 Å². The van der Waals surface area contributed by atoms with Gasteiger partial charge in [-0.15, -0.1) is 4.28 Å². The van der Waals surface area contributed by atoms with Crippen LogP contribution >= 0.6 is 38.5 Å². The highest BCUT2D eigenvalue weighted by Gasteiger charge is 2.04. The Morgan fingerprint density at radius 2 is 2.13 bits per heavy atom. The van der Waals surface area contributed by atoms with Gasteiger partial charge in [0.1, 0.15) is 0 Å². The average molecular weight is 408 g/mol. The van der Waals surface area contributed by atoms with Crippen molar-refractivity contribution in [1.82, 2.24) is 5.64 Å². The van der Waals surface area contributed by atoms with E-state index in [-0.39, 0.29) is 0 Å². The molecule has 0 fully saturated rings. The number of halogens is 2. The molecule has 0 atom stereocenters. The van der Waals surface area contributed by atoms with Crippen molar-refractivity contribution in [3.05, 3.63) is 26.2 Å². The summed E-state index contributed by atoms with van der Waals surface area (Å²) in [6.45, 7) is 0. The molecule has 0 saturated carbocycles. The van der Waals surface area contributed by atoms with Gasteiger partial charge in [-0.3, -0.25) is 0 Å². The molecular formula is C7H7BrINO4S. The SMILES string of the molecule is CS(=O)(=O)ONOc1ccc(Br)cc1I. The van der Waals surface area contributed by atoms with E-state index in [0.29, 0.717) is 5.75 Å². The lowest BCUT2D eigenvalue weighted by atomic mass is 10.3. The predicted molar refractivity (Wildman–Crippen MR) is 66.6 cm³/mol. The van der Waals surface area contributed by atoms with Gasteiger partial charge in [0.05, 0.1) is 9.83 Å². The summed E-state index contributed by atoms with van der Waals surface area (Å²) in [5.41, 5.74) is 1.89. The van der Waals surface area contributed by atoms with Crippen molar-refractivity contribution in [2.45, 2.75) is 0 Å². The van der Waals surface area contributed by atoms with Crippen LogP contribution in [0.4, 0.5) is 0 Å². The van der Waals surface area contributed by atoms with Crippen molar-refractivity contribution in [3.63, 3.8) is 0 Å². The summed E-state index contributed by atoms with van der Waals surface area (Å²) in [5.74, 6) is 0.474. The Morgan fingerprint density at radius 1 is 1.47 bits per heavy atom. The maximum absolute atomic E-state index is 10.6. The minimum absolute atomic E-state index is 0.474. The molecule has 0 aliphatic rings. The number of hydrogen-bond donors (Lipinski definition) is 1. The van der Waals surface area contributed by atoms with E-state index in [1.54, 1.807) is 12.1 Å². The summed E-state index contributed by atoms with van der Waals surface area (Å²) < 4.78 is 27.1. The highest BCUT2D eigenvalue weighted by molar-refractivity contribution is 14.1. The van der Waals surface area contributed by atoms with Gasteiger partial charge in [0.2, 0.25) is 0 Å². The second-order valence-corrected chi connectivity index (χ2v) is 6.20. The first kappa shape index (κ1) is 13.2. The number of hydrogen-bond acceptors (Lipinski definition) is 5. The van der Waals surface area contributed by atoms with Crippen LogP contribution in [0.5, 0.6) is 5.75 Å². The molecule has 5 nitrogen and oxygen atoms in total. The molecule has 0 spiro atoms. The van der Waals surface area contributed by atoms with Crippen molar-refractivity contribution in [2.75, 3.05) is 6.26 Å². The highest BCUT2D eigenvalue weighted by Crippen LogP contribution is 2.23. The lowest BCUT2D eigenvalue weighted by Gasteiger charge is -2.07. The molecular weight excluding hydrogens is 401 g/mol. The molecule has 0 heterocycles. The minimum Gasteiger partial charge on any atom is -0.381 e. The third-order valence-corrected chi connectivity index (χ3v) is 2.94. The molecule has 0 amide bonds. The fraction of sp³-hybridized carbons (Fsp3) is 0.143. The molecule has 0 bridgehead atoms. The Labute approximate surface area is 109 Å². The summed E-state index contributed by atoms with van der Waals surface area (Å²) in [7, 11) is -3.56. The van der Waals surface area contributed by atoms with Crippen LogP contribution in [0.3, 0.4) is 0 Å². The highest BCUT2D eigenvalue weighted by atomic mass is 127. The van der Waals surface area contributed by atoms with Crippen molar-refractivity contribution >= 4 is 48.6 Å². The van der Waals surface area contributed by atoms with Crippen LogP contribution in [0.15, 0.2) is 22.7 Å². The topological polar surface area (TPSA) is 64.6 Å². The van der Waals surface area contributed by atoms with Crippen LogP contribution in [0, 0.1) is 3.57 Å². The Hall–Kier alpha value is 0.1000. The van der Waals surface area contributed by atoms with Crippen LogP contribution in [-0.2, 0) is 14.4 Å². The fourth-order valence-electron chi connectivity index (χ4n) is 0.682. The van der Waals surface area contributed by atoms with Gasteiger partial charge in [0, 0.05) is 4.47 Å². The van der Waals surface area contributed by atoms with Crippen molar-refractivity contribution in [2.24, 2.45) is 0 Å². The molecule has 0 aliphatic heterocycles. The van der Waals surface area contributed by atoms with Gasteiger partial charge in [-0.25, -0.2) is 0 Å². The summed E-state index contributed by atoms with van der Waals surface area (Å²) >= 11 is 5.33. The van der Waals surface area contributed by atoms with E-state index in [1.807, 2.05) is 34.3 Å². The molecule has 0 unspecified atom stereocenters. The normalized spacial score (nSPS) is 11.4. The van der Waals surface area contributed by atoms with Gasteiger partial charge >= 0.3 is 0 Å². The molecule has 1 N–H and O–H groups in total. The van der Waals surface area contributed by atoms with Gasteiger partial charge in [-0.1, -0.05) is 15.9 Å². The molecule has 0 aromatic heterocycles. The molecule has 1 rings (SSSR count). The second kappa shape index (κ2) is 5.43. The summed E-state index contributed by atoms with van der Waals surface area (Å²) in [5, 5.41) is 0. The van der Waals surface area contributed by atoms with Gasteiger partial charge in [-0.05, 0) is 46.4 Å². The third kappa shape index (κ3) is 5.11. The Balaban J connectivity index is 2.59. The maximum Gasteiger partial charge on any atom is 0.282 e. The molecule has 15 heavy (non-hydrogen) atoms. The first-order chi connectivity index (χ1) is 6.88. The molecule has 1 aromatic rings. The number of benzene rings is 1. The van der Waals surface area contributed by atoms with E-state index in [9.17, 15) is 8.42 Å². The molecule has 8 heteroatoms. The quantitative estimate of drug-likeness (QED) is 0.609. The van der Waals surface area contributed by atoms with Crippen LogP contribution in [0.1, 0.15) is 0 Å². The first-order valence-corrected chi connectivity index (χ1v) is 7.32. The predicted octanol–water partition coefficient (Wildman–Crippen LogP) is 1.83. The average Bonchev–Trinajstić information content (AvgIpc) is 2.07. The summed E-state index contributed by atoms with van der Waals surface area (Å²) in [4.78, 5) is 4.89. The standard InChI is InChI=1S/C7H7BrINO4S/c1-15(11,12)14-10-13-7-3-2-5(8)4-6(7)9/h2-4,10H,1H3. The maximum atomic E-state index is 10.6. The Morgan fingerprint density at radius 3 is 2.67 bits per heavy atom. The van der Waals surface area contributed by atoms with E-state index >= 15 is 0 Å². The van der Waals surface area contributed by atoms with Crippen LogP contribution < -0.4 is 10.5 Å². The van der Waals surface area contributed by atoms with E-state index in [4.69, 9.17) is 4.84 Å². The Bertz CT molecular complexity index is 450. The van der Waals surface area contributed by atoms with Crippen molar-refractivity contribution < 1.29 is 17.5 Å². The zero-order chi connectivity index (χ0) is 11.5. The van der Waals surface area contributed by atoms with Gasteiger partial charge in [0.25, 0.3) is 10.1 Å². The zero-order valence-electron chi connectivity index (χ0n) is 7.53. The van der Waals surface area contributed by atoms with E-state index in [0.717, 1.165) is 14.3 Å². The molecule has 1 aromatic carbocycles. The molecule has 0 saturated heterocycles. The van der Waals surface area contributed by atoms with E-state index in [1.165, 1.54) is 0 Å². The number of rotatable bonds is 4. The lowest BCUT2D eigenvalue weighted by molar-refractivity contribution is -0.0132. The second-order valence-electron chi connectivity index (χ2n) is 2.55. The fourth-order valence-corrected chi connectivity index (χ4v) is 2.25. The van der Waals surface area contributed by atoms with E-state index < -0.39 is 10.1 Å². The van der Waals surface area contributed by atoms with Gasteiger partial charge in [0.15, 0.2) is 5.75 Å². The van der Waals surface area contributed by atoms with Crippen molar-refractivity contribution in [1.29, 1.82) is 0 Å². The minimum atomic E-state index is -3.56. The zero-order valence-corrected chi connectivity index (χ0v) is 12.1. The largest absolute Gasteiger partial charge is 0.381 e. The van der Waals surface area contributed by atoms with Crippen LogP contribution in [0.25, 0.3) is 0 Å². The monoisotopic (exact) mass is 407 g/mol.